The molecule has 8 heteroatoms. The molecule has 1 aliphatic heterocycles. The van der Waals surface area contributed by atoms with Crippen LogP contribution >= 0.6 is 0 Å². The SMILES string of the molecule is O=C(COc1ccc(F)cc1)N[C@H]1Cc2c(C(=O)NCc3ccccc3)cnn2C1. The quantitative estimate of drug-likeness (QED) is 0.627. The lowest BCUT2D eigenvalue weighted by atomic mass is 10.1. The minimum absolute atomic E-state index is 0.168. The summed E-state index contributed by atoms with van der Waals surface area (Å²) in [4.78, 5) is 24.7. The second-order valence-corrected chi connectivity index (χ2v) is 7.07. The monoisotopic (exact) mass is 408 g/mol. The van der Waals surface area contributed by atoms with Gasteiger partial charge in [0.25, 0.3) is 11.8 Å². The maximum atomic E-state index is 12.9. The van der Waals surface area contributed by atoms with Crippen molar-refractivity contribution >= 4 is 11.8 Å². The molecule has 0 bridgehead atoms. The molecule has 0 unspecified atom stereocenters. The summed E-state index contributed by atoms with van der Waals surface area (Å²) in [6.45, 7) is 0.754. The zero-order valence-corrected chi connectivity index (χ0v) is 16.2. The van der Waals surface area contributed by atoms with Gasteiger partial charge < -0.3 is 15.4 Å². The highest BCUT2D eigenvalue weighted by molar-refractivity contribution is 5.95. The number of rotatable bonds is 7. The van der Waals surface area contributed by atoms with E-state index < -0.39 is 0 Å². The summed E-state index contributed by atoms with van der Waals surface area (Å²) < 4.78 is 20.0. The molecule has 0 saturated heterocycles. The maximum absolute atomic E-state index is 12.9. The Hall–Kier alpha value is -3.68. The van der Waals surface area contributed by atoms with Crippen molar-refractivity contribution in [2.45, 2.75) is 25.6 Å². The van der Waals surface area contributed by atoms with Gasteiger partial charge in [-0.15, -0.1) is 0 Å². The number of ether oxygens (including phenoxy) is 1. The number of amides is 2. The predicted octanol–water partition coefficient (Wildman–Crippen LogP) is 2.07. The van der Waals surface area contributed by atoms with Crippen molar-refractivity contribution in [3.8, 4) is 5.75 Å². The van der Waals surface area contributed by atoms with Crippen LogP contribution in [-0.2, 0) is 24.3 Å². The van der Waals surface area contributed by atoms with Gasteiger partial charge in [0, 0.05) is 13.0 Å². The predicted molar refractivity (Wildman–Crippen MR) is 107 cm³/mol. The first kappa shape index (κ1) is 19.6. The van der Waals surface area contributed by atoms with Gasteiger partial charge in [0.2, 0.25) is 0 Å². The summed E-state index contributed by atoms with van der Waals surface area (Å²) in [7, 11) is 0. The molecule has 1 aliphatic rings. The van der Waals surface area contributed by atoms with Crippen molar-refractivity contribution < 1.29 is 18.7 Å². The van der Waals surface area contributed by atoms with Crippen LogP contribution in [0.1, 0.15) is 21.6 Å². The van der Waals surface area contributed by atoms with Crippen molar-refractivity contribution in [3.63, 3.8) is 0 Å². The minimum atomic E-state index is -0.365. The lowest BCUT2D eigenvalue weighted by Crippen LogP contribution is -2.39. The molecule has 30 heavy (non-hydrogen) atoms. The highest BCUT2D eigenvalue weighted by Gasteiger charge is 2.28. The maximum Gasteiger partial charge on any atom is 0.258 e. The topological polar surface area (TPSA) is 85.2 Å². The molecule has 4 rings (SSSR count). The standard InChI is InChI=1S/C22H21FN4O3/c23-16-6-8-18(9-7-16)30-14-21(28)26-17-10-20-19(12-25-27(20)13-17)22(29)24-11-15-4-2-1-3-5-15/h1-9,12,17H,10-11,13-14H2,(H,24,29)(H,26,28)/t17-/m0/s1. The third-order valence-electron chi connectivity index (χ3n) is 4.87. The van der Waals surface area contributed by atoms with E-state index in [1.807, 2.05) is 30.3 Å². The molecule has 0 fully saturated rings. The highest BCUT2D eigenvalue weighted by Crippen LogP contribution is 2.19. The number of benzene rings is 2. The Bertz CT molecular complexity index is 1030. The molecule has 7 nitrogen and oxygen atoms in total. The molecule has 3 aromatic rings. The first-order chi connectivity index (χ1) is 14.6. The summed E-state index contributed by atoms with van der Waals surface area (Å²) in [5, 5.41) is 10.1. The number of carbonyl (C=O) groups is 2. The third kappa shape index (κ3) is 4.65. The molecule has 0 aliphatic carbocycles. The van der Waals surface area contributed by atoms with Crippen LogP contribution in [0.5, 0.6) is 5.75 Å². The van der Waals surface area contributed by atoms with E-state index >= 15 is 0 Å². The van der Waals surface area contributed by atoms with E-state index in [4.69, 9.17) is 4.74 Å². The first-order valence-corrected chi connectivity index (χ1v) is 9.63. The molecule has 154 valence electrons. The number of halogens is 1. The van der Waals surface area contributed by atoms with Crippen LogP contribution in [0.2, 0.25) is 0 Å². The molecule has 1 atom stereocenters. The fraction of sp³-hybridized carbons (Fsp3) is 0.227. The Kier molecular flexibility index (Phi) is 5.74. The zero-order valence-electron chi connectivity index (χ0n) is 16.2. The second-order valence-electron chi connectivity index (χ2n) is 7.07. The van der Waals surface area contributed by atoms with Gasteiger partial charge in [0.1, 0.15) is 11.6 Å². The van der Waals surface area contributed by atoms with E-state index in [9.17, 15) is 14.0 Å². The fourth-order valence-electron chi connectivity index (χ4n) is 3.40. The van der Waals surface area contributed by atoms with E-state index in [-0.39, 0.29) is 30.3 Å². The van der Waals surface area contributed by atoms with Gasteiger partial charge >= 0.3 is 0 Å². The van der Waals surface area contributed by atoms with Crippen molar-refractivity contribution in [2.75, 3.05) is 6.61 Å². The minimum Gasteiger partial charge on any atom is -0.484 e. The fourth-order valence-corrected chi connectivity index (χ4v) is 3.40. The molecule has 1 aromatic heterocycles. The molecule has 2 heterocycles. The van der Waals surface area contributed by atoms with Crippen LogP contribution in [0, 0.1) is 5.82 Å². The number of nitrogens with one attached hydrogen (secondary N) is 2. The van der Waals surface area contributed by atoms with Gasteiger partial charge in [-0.3, -0.25) is 14.3 Å². The molecule has 0 radical (unpaired) electrons. The molecule has 2 aromatic carbocycles. The van der Waals surface area contributed by atoms with Gasteiger partial charge in [0.15, 0.2) is 6.61 Å². The lowest BCUT2D eigenvalue weighted by Gasteiger charge is -2.12. The lowest BCUT2D eigenvalue weighted by molar-refractivity contribution is -0.123. The van der Waals surface area contributed by atoms with E-state index in [1.54, 1.807) is 10.9 Å². The van der Waals surface area contributed by atoms with Gasteiger partial charge in [0.05, 0.1) is 30.0 Å². The first-order valence-electron chi connectivity index (χ1n) is 9.63. The molecular weight excluding hydrogens is 387 g/mol. The molecule has 2 N–H and O–H groups in total. The summed E-state index contributed by atoms with van der Waals surface area (Å²) in [6, 6.07) is 15.0. The zero-order chi connectivity index (χ0) is 20.9. The summed E-state index contributed by atoms with van der Waals surface area (Å²) >= 11 is 0. The number of fused-ring (bicyclic) bond motifs is 1. The van der Waals surface area contributed by atoms with Crippen molar-refractivity contribution in [1.82, 2.24) is 20.4 Å². The Morgan fingerprint density at radius 2 is 1.90 bits per heavy atom. The Labute approximate surface area is 172 Å². The summed E-state index contributed by atoms with van der Waals surface area (Å²) in [5.74, 6) is -0.420. The number of hydrogen-bond acceptors (Lipinski definition) is 4. The van der Waals surface area contributed by atoms with E-state index in [0.29, 0.717) is 30.8 Å². The smallest absolute Gasteiger partial charge is 0.258 e. The van der Waals surface area contributed by atoms with Crippen LogP contribution in [0.4, 0.5) is 4.39 Å². The van der Waals surface area contributed by atoms with Crippen LogP contribution in [0.15, 0.2) is 60.8 Å². The molecular formula is C22H21FN4O3. The van der Waals surface area contributed by atoms with Gasteiger partial charge in [-0.25, -0.2) is 4.39 Å². The number of carbonyl (C=O) groups excluding carboxylic acids is 2. The Morgan fingerprint density at radius 1 is 1.13 bits per heavy atom. The van der Waals surface area contributed by atoms with Gasteiger partial charge in [-0.2, -0.15) is 5.10 Å². The van der Waals surface area contributed by atoms with Gasteiger partial charge in [-0.05, 0) is 29.8 Å². The van der Waals surface area contributed by atoms with Crippen LogP contribution in [0.25, 0.3) is 0 Å². The normalized spacial score (nSPS) is 14.8. The largest absolute Gasteiger partial charge is 0.484 e. The summed E-state index contributed by atoms with van der Waals surface area (Å²) in [5.41, 5.74) is 2.33. The number of hydrogen-bond donors (Lipinski definition) is 2. The van der Waals surface area contributed by atoms with Crippen LogP contribution in [0.3, 0.4) is 0 Å². The van der Waals surface area contributed by atoms with Crippen LogP contribution in [-0.4, -0.2) is 34.2 Å². The van der Waals surface area contributed by atoms with Crippen LogP contribution < -0.4 is 15.4 Å². The number of aromatic nitrogens is 2. The summed E-state index contributed by atoms with van der Waals surface area (Å²) in [6.07, 6.45) is 2.07. The average Bonchev–Trinajstić information content (AvgIpc) is 3.32. The van der Waals surface area contributed by atoms with Gasteiger partial charge in [-0.1, -0.05) is 30.3 Å². The van der Waals surface area contributed by atoms with E-state index in [2.05, 4.69) is 15.7 Å². The molecule has 0 saturated carbocycles. The average molecular weight is 408 g/mol. The third-order valence-corrected chi connectivity index (χ3v) is 4.87. The molecule has 2 amide bonds. The number of nitrogens with zero attached hydrogens (tertiary/aromatic N) is 2. The highest BCUT2D eigenvalue weighted by atomic mass is 19.1. The molecule has 0 spiro atoms. The second kappa shape index (κ2) is 8.77. The Morgan fingerprint density at radius 3 is 2.67 bits per heavy atom. The Balaban J connectivity index is 1.28. The van der Waals surface area contributed by atoms with Crippen molar-refractivity contribution in [1.29, 1.82) is 0 Å². The van der Waals surface area contributed by atoms with E-state index in [1.165, 1.54) is 24.3 Å². The van der Waals surface area contributed by atoms with Crippen molar-refractivity contribution in [2.24, 2.45) is 0 Å². The van der Waals surface area contributed by atoms with E-state index in [0.717, 1.165) is 11.3 Å². The van der Waals surface area contributed by atoms with Crippen molar-refractivity contribution in [3.05, 3.63) is 83.4 Å².